The Kier molecular flexibility index (Phi) is 2.45. The molecule has 76 valence electrons. The number of rotatable bonds is 2. The zero-order chi connectivity index (χ0) is 10.7. The lowest BCUT2D eigenvalue weighted by Gasteiger charge is -1.90. The molecule has 0 atom stereocenters. The first-order valence-corrected chi connectivity index (χ1v) is 4.36. The number of hydrogen-bond acceptors (Lipinski definition) is 5. The molecule has 2 heterocycles. The third-order valence-corrected chi connectivity index (χ3v) is 1.70. The van der Waals surface area contributed by atoms with Crippen molar-refractivity contribution in [3.05, 3.63) is 35.7 Å². The number of aromatic nitrogens is 3. The molecule has 0 bridgehead atoms. The fourth-order valence-corrected chi connectivity index (χ4v) is 1.04. The minimum Gasteiger partial charge on any atom is -0.505 e. The van der Waals surface area contributed by atoms with Gasteiger partial charge in [-0.05, 0) is 19.1 Å². The summed E-state index contributed by atoms with van der Waals surface area (Å²) in [7, 11) is 0. The molecule has 0 saturated carbocycles. The van der Waals surface area contributed by atoms with Gasteiger partial charge in [-0.1, -0.05) is 5.16 Å². The molecule has 0 unspecified atom stereocenters. The summed E-state index contributed by atoms with van der Waals surface area (Å²) in [5.74, 6) is 1.19. The summed E-state index contributed by atoms with van der Waals surface area (Å²) in [6.45, 7) is 1.85. The highest BCUT2D eigenvalue weighted by Gasteiger charge is 1.96. The molecule has 15 heavy (non-hydrogen) atoms. The zero-order valence-corrected chi connectivity index (χ0v) is 8.08. The largest absolute Gasteiger partial charge is 0.505 e. The molecular formula is C10H9N3O2. The Morgan fingerprint density at radius 3 is 2.60 bits per heavy atom. The molecular weight excluding hydrogens is 194 g/mol. The fourth-order valence-electron chi connectivity index (χ4n) is 1.04. The second kappa shape index (κ2) is 3.91. The average molecular weight is 203 g/mol. The van der Waals surface area contributed by atoms with Crippen LogP contribution in [0.25, 0.3) is 12.2 Å². The molecule has 5 heteroatoms. The van der Waals surface area contributed by atoms with Crippen LogP contribution in [0, 0.1) is 6.92 Å². The van der Waals surface area contributed by atoms with Crippen molar-refractivity contribution in [3.63, 3.8) is 0 Å². The van der Waals surface area contributed by atoms with Crippen LogP contribution < -0.4 is 0 Å². The molecule has 5 nitrogen and oxygen atoms in total. The van der Waals surface area contributed by atoms with Gasteiger partial charge < -0.3 is 9.63 Å². The summed E-state index contributed by atoms with van der Waals surface area (Å²) in [6.07, 6.45) is 6.06. The molecule has 2 aromatic heterocycles. The zero-order valence-electron chi connectivity index (χ0n) is 8.08. The maximum atomic E-state index is 8.97. The topological polar surface area (TPSA) is 72.0 Å². The molecule has 0 amide bonds. The summed E-state index contributed by atoms with van der Waals surface area (Å²) >= 11 is 0. The summed E-state index contributed by atoms with van der Waals surface area (Å²) in [5.41, 5.74) is 0.821. The molecule has 2 aromatic rings. The lowest BCUT2D eigenvalue weighted by Crippen LogP contribution is -1.83. The van der Waals surface area contributed by atoms with E-state index in [0.717, 1.165) is 5.69 Å². The lowest BCUT2D eigenvalue weighted by atomic mass is 10.3. The minimum absolute atomic E-state index is 0.0441. The normalized spacial score (nSPS) is 11.0. The van der Waals surface area contributed by atoms with Crippen LogP contribution in [0.3, 0.4) is 0 Å². The van der Waals surface area contributed by atoms with Crippen molar-refractivity contribution in [1.82, 2.24) is 15.1 Å². The lowest BCUT2D eigenvalue weighted by molar-refractivity contribution is 0.408. The standard InChI is InChI=1S/C10H9N3O2/c1-7-4-9(15-13-7)2-3-10-11-5-8(14)6-12-10/h2-6,14H,1H3. The Morgan fingerprint density at radius 1 is 1.27 bits per heavy atom. The number of hydrogen-bond donors (Lipinski definition) is 1. The van der Waals surface area contributed by atoms with Gasteiger partial charge in [-0.3, -0.25) is 0 Å². The van der Waals surface area contributed by atoms with E-state index in [0.29, 0.717) is 11.6 Å². The van der Waals surface area contributed by atoms with E-state index in [4.69, 9.17) is 9.63 Å². The van der Waals surface area contributed by atoms with E-state index in [1.165, 1.54) is 12.4 Å². The van der Waals surface area contributed by atoms with E-state index in [-0.39, 0.29) is 5.75 Å². The van der Waals surface area contributed by atoms with Gasteiger partial charge in [0, 0.05) is 6.07 Å². The highest BCUT2D eigenvalue weighted by molar-refractivity contribution is 5.63. The quantitative estimate of drug-likeness (QED) is 0.803. The minimum atomic E-state index is 0.0441. The van der Waals surface area contributed by atoms with E-state index < -0.39 is 0 Å². The molecule has 0 saturated heterocycles. The van der Waals surface area contributed by atoms with Crippen molar-refractivity contribution in [2.24, 2.45) is 0 Å². The van der Waals surface area contributed by atoms with E-state index in [2.05, 4.69) is 15.1 Å². The number of aryl methyl sites for hydroxylation is 1. The molecule has 0 aliphatic carbocycles. The van der Waals surface area contributed by atoms with Crippen molar-refractivity contribution in [2.45, 2.75) is 6.92 Å². The monoisotopic (exact) mass is 203 g/mol. The second-order valence-corrected chi connectivity index (χ2v) is 3.00. The SMILES string of the molecule is Cc1cc(C=Cc2ncc(O)cn2)on1. The van der Waals surface area contributed by atoms with Crippen molar-refractivity contribution in [1.29, 1.82) is 0 Å². The van der Waals surface area contributed by atoms with Gasteiger partial charge in [0.05, 0.1) is 18.1 Å². The maximum absolute atomic E-state index is 8.97. The van der Waals surface area contributed by atoms with E-state index in [9.17, 15) is 0 Å². The first-order chi connectivity index (χ1) is 7.24. The predicted molar refractivity (Wildman–Crippen MR) is 53.9 cm³/mol. The smallest absolute Gasteiger partial charge is 0.160 e. The fraction of sp³-hybridized carbons (Fsp3) is 0.100. The number of aromatic hydroxyl groups is 1. The Labute approximate surface area is 86.1 Å². The molecule has 0 aliphatic rings. The first kappa shape index (κ1) is 9.39. The van der Waals surface area contributed by atoms with Gasteiger partial charge in [0.2, 0.25) is 0 Å². The van der Waals surface area contributed by atoms with E-state index in [1.54, 1.807) is 18.2 Å². The first-order valence-electron chi connectivity index (χ1n) is 4.36. The summed E-state index contributed by atoms with van der Waals surface area (Å²) in [5, 5.41) is 12.7. The number of nitrogens with zero attached hydrogens (tertiary/aromatic N) is 3. The molecule has 0 radical (unpaired) electrons. The van der Waals surface area contributed by atoms with Gasteiger partial charge in [-0.15, -0.1) is 0 Å². The van der Waals surface area contributed by atoms with Crippen LogP contribution in [0.4, 0.5) is 0 Å². The Morgan fingerprint density at radius 2 is 2.00 bits per heavy atom. The average Bonchev–Trinajstić information content (AvgIpc) is 2.64. The van der Waals surface area contributed by atoms with Crippen LogP contribution in [0.15, 0.2) is 23.0 Å². The summed E-state index contributed by atoms with van der Waals surface area (Å²) in [6, 6.07) is 1.80. The Balaban J connectivity index is 2.14. The molecule has 0 fully saturated rings. The van der Waals surface area contributed by atoms with Crippen LogP contribution in [0.1, 0.15) is 17.3 Å². The van der Waals surface area contributed by atoms with Crippen LogP contribution in [-0.4, -0.2) is 20.2 Å². The van der Waals surface area contributed by atoms with Crippen LogP contribution >= 0.6 is 0 Å². The molecule has 1 N–H and O–H groups in total. The van der Waals surface area contributed by atoms with Crippen molar-refractivity contribution in [3.8, 4) is 5.75 Å². The highest BCUT2D eigenvalue weighted by atomic mass is 16.5. The highest BCUT2D eigenvalue weighted by Crippen LogP contribution is 2.08. The van der Waals surface area contributed by atoms with Crippen LogP contribution in [0.2, 0.25) is 0 Å². The molecule has 2 rings (SSSR count). The van der Waals surface area contributed by atoms with Gasteiger partial charge in [0.15, 0.2) is 17.3 Å². The molecule has 0 aliphatic heterocycles. The van der Waals surface area contributed by atoms with E-state index in [1.807, 2.05) is 6.92 Å². The van der Waals surface area contributed by atoms with Crippen molar-refractivity contribution < 1.29 is 9.63 Å². The Hall–Kier alpha value is -2.17. The predicted octanol–water partition coefficient (Wildman–Crippen LogP) is 1.65. The Bertz CT molecular complexity index is 474. The van der Waals surface area contributed by atoms with Crippen LogP contribution in [-0.2, 0) is 0 Å². The van der Waals surface area contributed by atoms with Gasteiger partial charge in [0.25, 0.3) is 0 Å². The van der Waals surface area contributed by atoms with E-state index >= 15 is 0 Å². The molecule has 0 spiro atoms. The van der Waals surface area contributed by atoms with Gasteiger partial charge in [-0.2, -0.15) is 0 Å². The van der Waals surface area contributed by atoms with Crippen LogP contribution in [0.5, 0.6) is 5.75 Å². The van der Waals surface area contributed by atoms with Crippen molar-refractivity contribution >= 4 is 12.2 Å². The van der Waals surface area contributed by atoms with Gasteiger partial charge in [-0.25, -0.2) is 9.97 Å². The maximum Gasteiger partial charge on any atom is 0.160 e. The third-order valence-electron chi connectivity index (χ3n) is 1.70. The van der Waals surface area contributed by atoms with Gasteiger partial charge >= 0.3 is 0 Å². The molecule has 0 aromatic carbocycles. The van der Waals surface area contributed by atoms with Gasteiger partial charge in [0.1, 0.15) is 0 Å². The third kappa shape index (κ3) is 2.40. The summed E-state index contributed by atoms with van der Waals surface area (Å²) < 4.78 is 4.97. The summed E-state index contributed by atoms with van der Waals surface area (Å²) in [4.78, 5) is 7.78. The second-order valence-electron chi connectivity index (χ2n) is 3.00. The van der Waals surface area contributed by atoms with Crippen molar-refractivity contribution in [2.75, 3.05) is 0 Å².